The van der Waals surface area contributed by atoms with Gasteiger partial charge in [-0.1, -0.05) is 0 Å². The second-order valence-corrected chi connectivity index (χ2v) is 5.45. The predicted molar refractivity (Wildman–Crippen MR) is 63.9 cm³/mol. The molecule has 0 saturated heterocycles. The van der Waals surface area contributed by atoms with Gasteiger partial charge in [-0.05, 0) is 30.3 Å². The van der Waals surface area contributed by atoms with E-state index in [0.717, 1.165) is 17.8 Å². The van der Waals surface area contributed by atoms with E-state index in [-0.39, 0.29) is 11.4 Å². The highest BCUT2D eigenvalue weighted by Crippen LogP contribution is 2.09. The number of rotatable bonds is 5. The molecule has 1 aromatic heterocycles. The second kappa shape index (κ2) is 5.28. The van der Waals surface area contributed by atoms with Gasteiger partial charge in [0, 0.05) is 24.9 Å². The number of aromatic nitrogens is 2. The minimum atomic E-state index is -3.58. The molecule has 0 bridgehead atoms. The molecule has 1 heterocycles. The van der Waals surface area contributed by atoms with Crippen LogP contribution in [-0.2, 0) is 16.4 Å². The first-order valence-corrected chi connectivity index (χ1v) is 6.80. The molecular weight excluding hydrogens is 257 g/mol. The molecule has 0 fully saturated rings. The molecular formula is C11H12FN3O2S. The Bertz CT molecular complexity index is 594. The van der Waals surface area contributed by atoms with Crippen LogP contribution in [0.3, 0.4) is 0 Å². The molecule has 5 nitrogen and oxygen atoms in total. The van der Waals surface area contributed by atoms with Crippen molar-refractivity contribution < 1.29 is 12.8 Å². The molecule has 0 aliphatic carbocycles. The molecule has 0 saturated carbocycles. The van der Waals surface area contributed by atoms with Gasteiger partial charge >= 0.3 is 0 Å². The third kappa shape index (κ3) is 3.14. The van der Waals surface area contributed by atoms with Gasteiger partial charge in [0.2, 0.25) is 10.0 Å². The molecule has 7 heteroatoms. The fraction of sp³-hybridized carbons (Fsp3) is 0.182. The lowest BCUT2D eigenvalue weighted by Gasteiger charge is -2.05. The first-order valence-electron chi connectivity index (χ1n) is 5.31. The average Bonchev–Trinajstić information content (AvgIpc) is 2.82. The monoisotopic (exact) mass is 269 g/mol. The Hall–Kier alpha value is -1.73. The van der Waals surface area contributed by atoms with E-state index in [9.17, 15) is 12.8 Å². The van der Waals surface area contributed by atoms with E-state index in [4.69, 9.17) is 0 Å². The third-order valence-electron chi connectivity index (χ3n) is 2.37. The summed E-state index contributed by atoms with van der Waals surface area (Å²) >= 11 is 0. The van der Waals surface area contributed by atoms with E-state index in [1.165, 1.54) is 12.1 Å². The van der Waals surface area contributed by atoms with Gasteiger partial charge < -0.3 is 0 Å². The third-order valence-corrected chi connectivity index (χ3v) is 3.85. The van der Waals surface area contributed by atoms with Gasteiger partial charge in [-0.2, -0.15) is 5.10 Å². The lowest BCUT2D eigenvalue weighted by atomic mass is 10.3. The van der Waals surface area contributed by atoms with Crippen molar-refractivity contribution in [2.45, 2.75) is 11.3 Å². The Morgan fingerprint density at radius 3 is 2.56 bits per heavy atom. The zero-order valence-corrected chi connectivity index (χ0v) is 10.2. The SMILES string of the molecule is O=S(=O)(NCCc1ccn[nH]1)c1ccc(F)cc1. The van der Waals surface area contributed by atoms with Crippen LogP contribution in [0.2, 0.25) is 0 Å². The van der Waals surface area contributed by atoms with Crippen molar-refractivity contribution in [1.29, 1.82) is 0 Å². The maximum Gasteiger partial charge on any atom is 0.240 e. The van der Waals surface area contributed by atoms with Crippen molar-refractivity contribution in [2.24, 2.45) is 0 Å². The molecule has 0 atom stereocenters. The van der Waals surface area contributed by atoms with Crippen molar-refractivity contribution in [2.75, 3.05) is 6.54 Å². The minimum absolute atomic E-state index is 0.0495. The summed E-state index contributed by atoms with van der Waals surface area (Å²) in [5, 5.41) is 6.50. The summed E-state index contributed by atoms with van der Waals surface area (Å²) in [6.07, 6.45) is 2.12. The summed E-state index contributed by atoms with van der Waals surface area (Å²) in [5.74, 6) is -0.466. The molecule has 18 heavy (non-hydrogen) atoms. The van der Waals surface area contributed by atoms with Crippen LogP contribution in [0.4, 0.5) is 4.39 Å². The maximum atomic E-state index is 12.7. The van der Waals surface area contributed by atoms with Crippen LogP contribution in [-0.4, -0.2) is 25.2 Å². The number of aromatic amines is 1. The predicted octanol–water partition coefficient (Wildman–Crippen LogP) is 1.07. The number of hydrogen-bond acceptors (Lipinski definition) is 3. The number of H-pyrrole nitrogens is 1. The van der Waals surface area contributed by atoms with Gasteiger partial charge in [-0.15, -0.1) is 0 Å². The van der Waals surface area contributed by atoms with E-state index < -0.39 is 15.8 Å². The van der Waals surface area contributed by atoms with Crippen LogP contribution < -0.4 is 4.72 Å². The highest BCUT2D eigenvalue weighted by Gasteiger charge is 2.13. The standard InChI is InChI=1S/C11H12FN3O2S/c12-9-1-3-11(4-2-9)18(16,17)14-8-6-10-5-7-13-15-10/h1-5,7,14H,6,8H2,(H,13,15). The minimum Gasteiger partial charge on any atom is -0.283 e. The van der Waals surface area contributed by atoms with Crippen LogP contribution in [0, 0.1) is 5.82 Å². The summed E-state index contributed by atoms with van der Waals surface area (Å²) in [6, 6.07) is 6.46. The molecule has 0 radical (unpaired) electrons. The smallest absolute Gasteiger partial charge is 0.240 e. The molecule has 96 valence electrons. The fourth-order valence-corrected chi connectivity index (χ4v) is 2.47. The summed E-state index contributed by atoms with van der Waals surface area (Å²) in [7, 11) is -3.58. The fourth-order valence-electron chi connectivity index (χ4n) is 1.44. The summed E-state index contributed by atoms with van der Waals surface area (Å²) in [6.45, 7) is 0.252. The molecule has 0 unspecified atom stereocenters. The van der Waals surface area contributed by atoms with Crippen molar-refractivity contribution in [1.82, 2.24) is 14.9 Å². The quantitative estimate of drug-likeness (QED) is 0.852. The van der Waals surface area contributed by atoms with E-state index in [2.05, 4.69) is 14.9 Å². The average molecular weight is 269 g/mol. The Morgan fingerprint density at radius 1 is 1.22 bits per heavy atom. The highest BCUT2D eigenvalue weighted by molar-refractivity contribution is 7.89. The van der Waals surface area contributed by atoms with E-state index >= 15 is 0 Å². The number of halogens is 1. The van der Waals surface area contributed by atoms with Gasteiger partial charge in [0.05, 0.1) is 4.90 Å². The lowest BCUT2D eigenvalue weighted by molar-refractivity contribution is 0.580. The molecule has 2 N–H and O–H groups in total. The Labute approximate surface area is 104 Å². The van der Waals surface area contributed by atoms with Crippen molar-refractivity contribution >= 4 is 10.0 Å². The largest absolute Gasteiger partial charge is 0.283 e. The number of hydrogen-bond donors (Lipinski definition) is 2. The Kier molecular flexibility index (Phi) is 3.73. The second-order valence-electron chi connectivity index (χ2n) is 3.68. The summed E-state index contributed by atoms with van der Waals surface area (Å²) in [4.78, 5) is 0.0495. The molecule has 1 aromatic carbocycles. The zero-order chi connectivity index (χ0) is 13.0. The molecule has 0 spiro atoms. The van der Waals surface area contributed by atoms with Crippen molar-refractivity contribution in [3.63, 3.8) is 0 Å². The molecule has 0 amide bonds. The van der Waals surface area contributed by atoms with Crippen LogP contribution in [0.5, 0.6) is 0 Å². The number of nitrogens with zero attached hydrogens (tertiary/aromatic N) is 1. The Morgan fingerprint density at radius 2 is 1.94 bits per heavy atom. The van der Waals surface area contributed by atoms with E-state index in [0.29, 0.717) is 6.42 Å². The van der Waals surface area contributed by atoms with Gasteiger partial charge in [0.25, 0.3) is 0 Å². The van der Waals surface area contributed by atoms with Crippen LogP contribution in [0.25, 0.3) is 0 Å². The molecule has 0 aliphatic heterocycles. The number of nitrogens with one attached hydrogen (secondary N) is 2. The first-order chi connectivity index (χ1) is 8.58. The van der Waals surface area contributed by atoms with Gasteiger partial charge in [-0.25, -0.2) is 17.5 Å². The van der Waals surface area contributed by atoms with Crippen molar-refractivity contribution in [3.05, 3.63) is 48.0 Å². The van der Waals surface area contributed by atoms with Crippen LogP contribution in [0.1, 0.15) is 5.69 Å². The van der Waals surface area contributed by atoms with Crippen molar-refractivity contribution in [3.8, 4) is 0 Å². The zero-order valence-electron chi connectivity index (χ0n) is 9.43. The molecule has 2 rings (SSSR count). The first kappa shape index (κ1) is 12.7. The van der Waals surface area contributed by atoms with E-state index in [1.54, 1.807) is 12.3 Å². The Balaban J connectivity index is 1.97. The molecule has 0 aliphatic rings. The van der Waals surface area contributed by atoms with E-state index in [1.807, 2.05) is 0 Å². The van der Waals surface area contributed by atoms with Crippen LogP contribution in [0.15, 0.2) is 41.4 Å². The summed E-state index contributed by atoms with van der Waals surface area (Å²) < 4.78 is 38.7. The highest BCUT2D eigenvalue weighted by atomic mass is 32.2. The lowest BCUT2D eigenvalue weighted by Crippen LogP contribution is -2.26. The number of benzene rings is 1. The summed E-state index contributed by atoms with van der Waals surface area (Å²) in [5.41, 5.74) is 0.844. The topological polar surface area (TPSA) is 74.8 Å². The maximum absolute atomic E-state index is 12.7. The molecule has 2 aromatic rings. The van der Waals surface area contributed by atoms with Gasteiger partial charge in [0.15, 0.2) is 0 Å². The van der Waals surface area contributed by atoms with Gasteiger partial charge in [0.1, 0.15) is 5.82 Å². The van der Waals surface area contributed by atoms with Crippen LogP contribution >= 0.6 is 0 Å². The van der Waals surface area contributed by atoms with Gasteiger partial charge in [-0.3, -0.25) is 5.10 Å². The number of sulfonamides is 1. The normalized spacial score (nSPS) is 11.6.